The molecule has 0 saturated carbocycles. The number of hydrogen-bond acceptors (Lipinski definition) is 3. The molecule has 2 amide bonds. The summed E-state index contributed by atoms with van der Waals surface area (Å²) in [6.07, 6.45) is -0.0331. The van der Waals surface area contributed by atoms with Crippen molar-refractivity contribution in [1.29, 1.82) is 0 Å². The highest BCUT2D eigenvalue weighted by atomic mass is 19.1. The molecule has 5 nitrogen and oxygen atoms in total. The molecule has 6 heteroatoms. The van der Waals surface area contributed by atoms with E-state index in [1.54, 1.807) is 17.9 Å². The standard InChI is InChI=1S/C27H27FN2O3/c1-17-7-10-23(11-8-17)29-27(32)18(2)33-24-12-9-20-13-14-30(19(3)31)26(25(20)16-24)21-5-4-6-22(28)15-21/h4-12,15-16,18,26H,13-14H2,1-3H3,(H,29,32). The fourth-order valence-corrected chi connectivity index (χ4v) is 4.18. The SMILES string of the molecule is CC(=O)N1CCc2ccc(OC(C)C(=O)Nc3ccc(C)cc3)cc2C1c1cccc(F)c1. The molecule has 0 radical (unpaired) electrons. The molecule has 1 aliphatic rings. The Morgan fingerprint density at radius 1 is 1.09 bits per heavy atom. The number of amides is 2. The van der Waals surface area contributed by atoms with Gasteiger partial charge in [0, 0.05) is 19.2 Å². The smallest absolute Gasteiger partial charge is 0.265 e. The predicted octanol–water partition coefficient (Wildman–Crippen LogP) is 5.03. The maximum atomic E-state index is 14.0. The van der Waals surface area contributed by atoms with E-state index >= 15 is 0 Å². The van der Waals surface area contributed by atoms with Crippen molar-refractivity contribution in [3.05, 3.63) is 94.8 Å². The second-order valence-electron chi connectivity index (χ2n) is 8.40. The van der Waals surface area contributed by atoms with Gasteiger partial charge in [-0.1, -0.05) is 35.9 Å². The van der Waals surface area contributed by atoms with Crippen molar-refractivity contribution >= 4 is 17.5 Å². The van der Waals surface area contributed by atoms with Crippen LogP contribution in [0.1, 0.15) is 42.1 Å². The Morgan fingerprint density at radius 3 is 2.55 bits per heavy atom. The second kappa shape index (κ2) is 9.45. The topological polar surface area (TPSA) is 58.6 Å². The van der Waals surface area contributed by atoms with Gasteiger partial charge in [0.2, 0.25) is 5.91 Å². The van der Waals surface area contributed by atoms with Gasteiger partial charge in [0.05, 0.1) is 6.04 Å². The Hall–Kier alpha value is -3.67. The molecule has 1 heterocycles. The maximum absolute atomic E-state index is 14.0. The number of nitrogens with zero attached hydrogens (tertiary/aromatic N) is 1. The summed E-state index contributed by atoms with van der Waals surface area (Å²) in [5.41, 5.74) is 4.47. The Balaban J connectivity index is 1.59. The van der Waals surface area contributed by atoms with Crippen LogP contribution in [0, 0.1) is 12.7 Å². The molecule has 33 heavy (non-hydrogen) atoms. The maximum Gasteiger partial charge on any atom is 0.265 e. The minimum absolute atomic E-state index is 0.0768. The number of hydrogen-bond donors (Lipinski definition) is 1. The van der Waals surface area contributed by atoms with E-state index in [2.05, 4.69) is 5.32 Å². The molecule has 0 fully saturated rings. The van der Waals surface area contributed by atoms with Gasteiger partial charge < -0.3 is 15.0 Å². The number of anilines is 1. The van der Waals surface area contributed by atoms with Gasteiger partial charge in [-0.15, -0.1) is 0 Å². The first-order valence-electron chi connectivity index (χ1n) is 11.0. The Kier molecular flexibility index (Phi) is 6.45. The number of benzene rings is 3. The normalized spacial score (nSPS) is 16.0. The molecule has 1 aliphatic heterocycles. The molecule has 1 N–H and O–H groups in total. The van der Waals surface area contributed by atoms with Crippen LogP contribution in [0.2, 0.25) is 0 Å². The number of aryl methyl sites for hydroxylation is 1. The largest absolute Gasteiger partial charge is 0.481 e. The van der Waals surface area contributed by atoms with Crippen LogP contribution in [-0.2, 0) is 16.0 Å². The number of rotatable bonds is 5. The molecule has 0 saturated heterocycles. The van der Waals surface area contributed by atoms with Gasteiger partial charge in [0.15, 0.2) is 6.10 Å². The summed E-state index contributed by atoms with van der Waals surface area (Å²) in [6.45, 7) is 5.75. The molecular formula is C27H27FN2O3. The number of carbonyl (C=O) groups excluding carboxylic acids is 2. The van der Waals surface area contributed by atoms with Crippen LogP contribution in [-0.4, -0.2) is 29.4 Å². The van der Waals surface area contributed by atoms with E-state index in [1.165, 1.54) is 19.1 Å². The average Bonchev–Trinajstić information content (AvgIpc) is 2.79. The summed E-state index contributed by atoms with van der Waals surface area (Å²) in [7, 11) is 0. The Morgan fingerprint density at radius 2 is 1.85 bits per heavy atom. The van der Waals surface area contributed by atoms with Crippen molar-refractivity contribution < 1.29 is 18.7 Å². The summed E-state index contributed by atoms with van der Waals surface area (Å²) in [5.74, 6) is -0.167. The highest BCUT2D eigenvalue weighted by Crippen LogP contribution is 2.37. The van der Waals surface area contributed by atoms with Crippen molar-refractivity contribution in [1.82, 2.24) is 4.90 Å². The molecule has 2 atom stereocenters. The van der Waals surface area contributed by atoms with Crippen LogP contribution in [0.15, 0.2) is 66.7 Å². The zero-order valence-corrected chi connectivity index (χ0v) is 19.0. The van der Waals surface area contributed by atoms with Gasteiger partial charge in [0.25, 0.3) is 5.91 Å². The van der Waals surface area contributed by atoms with Gasteiger partial charge in [-0.2, -0.15) is 0 Å². The lowest BCUT2D eigenvalue weighted by molar-refractivity contribution is -0.130. The molecule has 0 aliphatic carbocycles. The monoisotopic (exact) mass is 446 g/mol. The Labute approximate surface area is 193 Å². The third kappa shape index (κ3) is 5.06. The van der Waals surface area contributed by atoms with Gasteiger partial charge in [0.1, 0.15) is 11.6 Å². The number of halogens is 1. The van der Waals surface area contributed by atoms with E-state index in [4.69, 9.17) is 4.74 Å². The van der Waals surface area contributed by atoms with E-state index < -0.39 is 12.1 Å². The molecule has 0 spiro atoms. The van der Waals surface area contributed by atoms with E-state index in [1.807, 2.05) is 55.5 Å². The van der Waals surface area contributed by atoms with E-state index in [-0.39, 0.29) is 17.6 Å². The average molecular weight is 447 g/mol. The third-order valence-corrected chi connectivity index (χ3v) is 5.92. The van der Waals surface area contributed by atoms with Gasteiger partial charge in [-0.25, -0.2) is 4.39 Å². The van der Waals surface area contributed by atoms with Crippen molar-refractivity contribution in [2.24, 2.45) is 0 Å². The lowest BCUT2D eigenvalue weighted by Gasteiger charge is -2.37. The van der Waals surface area contributed by atoms with Crippen LogP contribution in [0.3, 0.4) is 0 Å². The van der Waals surface area contributed by atoms with Crippen molar-refractivity contribution in [2.45, 2.75) is 39.3 Å². The fourth-order valence-electron chi connectivity index (χ4n) is 4.18. The fraction of sp³-hybridized carbons (Fsp3) is 0.259. The van der Waals surface area contributed by atoms with Crippen LogP contribution in [0.5, 0.6) is 5.75 Å². The molecule has 170 valence electrons. The predicted molar refractivity (Wildman–Crippen MR) is 126 cm³/mol. The van der Waals surface area contributed by atoms with E-state index in [0.717, 1.165) is 16.7 Å². The van der Waals surface area contributed by atoms with Crippen LogP contribution >= 0.6 is 0 Å². The lowest BCUT2D eigenvalue weighted by Crippen LogP contribution is -2.39. The summed E-state index contributed by atoms with van der Waals surface area (Å²) >= 11 is 0. The summed E-state index contributed by atoms with van der Waals surface area (Å²) < 4.78 is 19.9. The summed E-state index contributed by atoms with van der Waals surface area (Å²) in [6, 6.07) is 19.1. The number of ether oxygens (including phenoxy) is 1. The summed E-state index contributed by atoms with van der Waals surface area (Å²) in [5, 5.41) is 2.86. The van der Waals surface area contributed by atoms with Crippen LogP contribution < -0.4 is 10.1 Å². The van der Waals surface area contributed by atoms with Crippen molar-refractivity contribution in [3.63, 3.8) is 0 Å². The second-order valence-corrected chi connectivity index (χ2v) is 8.40. The molecular weight excluding hydrogens is 419 g/mol. The van der Waals surface area contributed by atoms with Gasteiger partial charge in [-0.05, 0) is 73.4 Å². The number of carbonyl (C=O) groups is 2. The third-order valence-electron chi connectivity index (χ3n) is 5.92. The molecule has 2 unspecified atom stereocenters. The zero-order valence-electron chi connectivity index (χ0n) is 19.0. The molecule has 3 aromatic rings. The van der Waals surface area contributed by atoms with Crippen LogP contribution in [0.4, 0.5) is 10.1 Å². The molecule has 3 aromatic carbocycles. The Bertz CT molecular complexity index is 1180. The first-order valence-corrected chi connectivity index (χ1v) is 11.0. The van der Waals surface area contributed by atoms with Crippen LogP contribution in [0.25, 0.3) is 0 Å². The van der Waals surface area contributed by atoms with Crippen molar-refractivity contribution in [3.8, 4) is 5.75 Å². The first-order chi connectivity index (χ1) is 15.8. The molecule has 0 aromatic heterocycles. The number of fused-ring (bicyclic) bond motifs is 1. The highest BCUT2D eigenvalue weighted by Gasteiger charge is 2.31. The highest BCUT2D eigenvalue weighted by molar-refractivity contribution is 5.94. The minimum atomic E-state index is -0.732. The zero-order chi connectivity index (χ0) is 23.5. The van der Waals surface area contributed by atoms with E-state index in [9.17, 15) is 14.0 Å². The quantitative estimate of drug-likeness (QED) is 0.598. The lowest BCUT2D eigenvalue weighted by atomic mass is 9.88. The number of nitrogens with one attached hydrogen (secondary N) is 1. The minimum Gasteiger partial charge on any atom is -0.481 e. The molecule has 0 bridgehead atoms. The van der Waals surface area contributed by atoms with E-state index in [0.29, 0.717) is 30.0 Å². The van der Waals surface area contributed by atoms with Crippen molar-refractivity contribution in [2.75, 3.05) is 11.9 Å². The van der Waals surface area contributed by atoms with Gasteiger partial charge >= 0.3 is 0 Å². The van der Waals surface area contributed by atoms with Gasteiger partial charge in [-0.3, -0.25) is 9.59 Å². The summed E-state index contributed by atoms with van der Waals surface area (Å²) in [4.78, 5) is 26.7. The molecule has 4 rings (SSSR count). The first kappa shape index (κ1) is 22.5.